The third kappa shape index (κ3) is 15.4. The summed E-state index contributed by atoms with van der Waals surface area (Å²) in [5, 5.41) is 8.62. The zero-order chi connectivity index (χ0) is 39.0. The normalized spacial score (nSPS) is 12.4. The Labute approximate surface area is 333 Å². The Morgan fingerprint density at radius 1 is 0.571 bits per heavy atom. The first-order chi connectivity index (χ1) is 27.6. The number of esters is 2. The van der Waals surface area contributed by atoms with Gasteiger partial charge in [-0.1, -0.05) is 127 Å². The fraction of sp³-hybridized carbons (Fsp3) is 0.367. The van der Waals surface area contributed by atoms with E-state index in [1.165, 1.54) is 89.0 Å². The van der Waals surface area contributed by atoms with Gasteiger partial charge in [0.2, 0.25) is 0 Å². The fourth-order valence-electron chi connectivity index (χ4n) is 6.54. The molecule has 56 heavy (non-hydrogen) atoms. The molecule has 1 aliphatic rings. The van der Waals surface area contributed by atoms with Gasteiger partial charge in [0.05, 0.1) is 22.6 Å². The average Bonchev–Trinajstić information content (AvgIpc) is 3.78. The maximum absolute atomic E-state index is 12.6. The Morgan fingerprint density at radius 3 is 1.62 bits per heavy atom. The van der Waals surface area contributed by atoms with Crippen LogP contribution in [0.15, 0.2) is 131 Å². The lowest BCUT2D eigenvalue weighted by Crippen LogP contribution is -2.08. The summed E-state index contributed by atoms with van der Waals surface area (Å²) in [6.07, 6.45) is 28.9. The number of carbonyl (C=O) groups is 2. The minimum atomic E-state index is -0.411. The zero-order valence-corrected chi connectivity index (χ0v) is 33.0. The van der Waals surface area contributed by atoms with Gasteiger partial charge in [0.1, 0.15) is 11.5 Å². The minimum absolute atomic E-state index is 0.177. The smallest absolute Gasteiger partial charge is 0.343 e. The van der Waals surface area contributed by atoms with Gasteiger partial charge < -0.3 is 9.47 Å². The number of unbranched alkanes of at least 4 members (excludes halogenated alkanes) is 14. The summed E-state index contributed by atoms with van der Waals surface area (Å²) in [7, 11) is 0. The predicted octanol–water partition coefficient (Wildman–Crippen LogP) is 14.6. The first kappa shape index (κ1) is 41.7. The summed E-state index contributed by atoms with van der Waals surface area (Å²) in [4.78, 5) is 29.5. The maximum atomic E-state index is 12.6. The summed E-state index contributed by atoms with van der Waals surface area (Å²) in [6, 6.07) is 29.2. The number of allylic oxidation sites excluding steroid dienone is 4. The molecule has 0 aromatic heterocycles. The molecule has 0 saturated heterocycles. The van der Waals surface area contributed by atoms with Gasteiger partial charge in [0, 0.05) is 12.6 Å². The van der Waals surface area contributed by atoms with E-state index < -0.39 is 5.97 Å². The van der Waals surface area contributed by atoms with Crippen molar-refractivity contribution in [2.24, 2.45) is 15.2 Å². The number of aliphatic imine (C=N–C) groups is 1. The van der Waals surface area contributed by atoms with Gasteiger partial charge in [0.25, 0.3) is 0 Å². The Kier molecular flexibility index (Phi) is 18.0. The van der Waals surface area contributed by atoms with Crippen LogP contribution in [0.3, 0.4) is 0 Å². The molecule has 0 spiro atoms. The first-order valence-corrected chi connectivity index (χ1v) is 20.7. The molecule has 0 bridgehead atoms. The van der Waals surface area contributed by atoms with Crippen molar-refractivity contribution < 1.29 is 19.1 Å². The van der Waals surface area contributed by atoms with Crippen LogP contribution in [-0.4, -0.2) is 18.2 Å². The van der Waals surface area contributed by atoms with Crippen molar-refractivity contribution in [2.75, 3.05) is 0 Å². The quantitative estimate of drug-likeness (QED) is 0.0234. The summed E-state index contributed by atoms with van der Waals surface area (Å²) >= 11 is 0. The molecule has 292 valence electrons. The number of rotatable bonds is 24. The number of carbonyl (C=O) groups excluding carboxylic acids is 2. The molecular weight excluding hydrogens is 695 g/mol. The third-order valence-corrected chi connectivity index (χ3v) is 9.90. The van der Waals surface area contributed by atoms with E-state index in [2.05, 4.69) is 34.3 Å². The molecular formula is C49H57N3O4. The second-order valence-electron chi connectivity index (χ2n) is 14.5. The molecule has 0 heterocycles. The number of nitrogens with zero attached hydrogens (tertiary/aromatic N) is 3. The molecule has 0 fully saturated rings. The van der Waals surface area contributed by atoms with E-state index in [4.69, 9.17) is 9.47 Å². The second kappa shape index (κ2) is 24.2. The molecule has 0 radical (unpaired) electrons. The number of benzene rings is 4. The van der Waals surface area contributed by atoms with Crippen LogP contribution >= 0.6 is 0 Å². The molecule has 4 aromatic rings. The summed E-state index contributed by atoms with van der Waals surface area (Å²) in [6.45, 7) is 2.27. The highest BCUT2D eigenvalue weighted by molar-refractivity contribution is 5.91. The molecule has 1 aliphatic carbocycles. The Bertz CT molecular complexity index is 1890. The Hall–Kier alpha value is -5.43. The Balaban J connectivity index is 0.932. The van der Waals surface area contributed by atoms with Gasteiger partial charge in [0.15, 0.2) is 0 Å². The lowest BCUT2D eigenvalue weighted by atomic mass is 10.0. The van der Waals surface area contributed by atoms with Gasteiger partial charge in [-0.05, 0) is 114 Å². The van der Waals surface area contributed by atoms with Gasteiger partial charge in [-0.15, -0.1) is 0 Å². The van der Waals surface area contributed by atoms with Crippen molar-refractivity contribution in [3.63, 3.8) is 0 Å². The van der Waals surface area contributed by atoms with E-state index in [0.717, 1.165) is 36.1 Å². The van der Waals surface area contributed by atoms with Gasteiger partial charge in [-0.25, -0.2) is 4.79 Å². The van der Waals surface area contributed by atoms with E-state index in [-0.39, 0.29) is 5.97 Å². The van der Waals surface area contributed by atoms with Crippen LogP contribution in [0, 0.1) is 0 Å². The summed E-state index contributed by atoms with van der Waals surface area (Å²) in [5.41, 5.74) is 5.82. The van der Waals surface area contributed by atoms with Crippen molar-refractivity contribution in [2.45, 2.75) is 116 Å². The molecule has 5 rings (SSSR count). The molecule has 0 saturated carbocycles. The van der Waals surface area contributed by atoms with Crippen LogP contribution in [0.25, 0.3) is 5.57 Å². The molecule has 7 nitrogen and oxygen atoms in total. The molecule has 0 atom stereocenters. The van der Waals surface area contributed by atoms with E-state index in [0.29, 0.717) is 34.9 Å². The second-order valence-corrected chi connectivity index (χ2v) is 14.5. The standard InChI is InChI=1S/C49H57N3O4/c1-2-3-4-5-6-7-8-9-10-11-12-13-14-15-16-21-48(53)55-46-34-22-39(23-35-46)38-50-43-28-30-44(31-29-43)51-52-45-32-36-47(37-33-45)56-49(54)42-26-24-41(25-27-42)40-19-17-18-20-40/h17-19,22-38H,2-16,20-21H2,1H3. The highest BCUT2D eigenvalue weighted by atomic mass is 16.5. The van der Waals surface area contributed by atoms with E-state index >= 15 is 0 Å². The van der Waals surface area contributed by atoms with Gasteiger partial charge >= 0.3 is 11.9 Å². The molecule has 0 amide bonds. The van der Waals surface area contributed by atoms with Crippen molar-refractivity contribution in [1.82, 2.24) is 0 Å². The number of hydrogen-bond acceptors (Lipinski definition) is 7. The third-order valence-electron chi connectivity index (χ3n) is 9.90. The predicted molar refractivity (Wildman–Crippen MR) is 229 cm³/mol. The van der Waals surface area contributed by atoms with E-state index in [1.807, 2.05) is 54.6 Å². The van der Waals surface area contributed by atoms with Crippen LogP contribution < -0.4 is 9.47 Å². The lowest BCUT2D eigenvalue weighted by Gasteiger charge is -2.06. The summed E-state index contributed by atoms with van der Waals surface area (Å²) < 4.78 is 11.1. The van der Waals surface area contributed by atoms with Gasteiger partial charge in [-0.3, -0.25) is 9.79 Å². The van der Waals surface area contributed by atoms with E-state index in [9.17, 15) is 9.59 Å². The molecule has 4 aromatic carbocycles. The van der Waals surface area contributed by atoms with Crippen LogP contribution in [0.2, 0.25) is 0 Å². The SMILES string of the molecule is CCCCCCCCCCCCCCCCCC(=O)Oc1ccc(C=Nc2ccc(N=Nc3ccc(OC(=O)c4ccc(C5=CC=CC5)cc4)cc3)cc2)cc1. The zero-order valence-electron chi connectivity index (χ0n) is 33.0. The van der Waals surface area contributed by atoms with Crippen LogP contribution in [0.1, 0.15) is 138 Å². The molecule has 0 N–H and O–H groups in total. The van der Waals surface area contributed by atoms with Crippen LogP contribution in [0.4, 0.5) is 17.1 Å². The van der Waals surface area contributed by atoms with Crippen molar-refractivity contribution in [3.8, 4) is 11.5 Å². The van der Waals surface area contributed by atoms with Crippen molar-refractivity contribution in [1.29, 1.82) is 0 Å². The lowest BCUT2D eigenvalue weighted by molar-refractivity contribution is -0.134. The van der Waals surface area contributed by atoms with E-state index in [1.54, 1.807) is 54.7 Å². The number of azo groups is 1. The Morgan fingerprint density at radius 2 is 1.07 bits per heavy atom. The largest absolute Gasteiger partial charge is 0.427 e. The van der Waals surface area contributed by atoms with Gasteiger partial charge in [-0.2, -0.15) is 10.2 Å². The maximum Gasteiger partial charge on any atom is 0.343 e. The molecule has 0 aliphatic heterocycles. The van der Waals surface area contributed by atoms with Crippen LogP contribution in [-0.2, 0) is 4.79 Å². The fourth-order valence-corrected chi connectivity index (χ4v) is 6.54. The highest BCUT2D eigenvalue weighted by Crippen LogP contribution is 2.26. The first-order valence-electron chi connectivity index (χ1n) is 20.7. The number of ether oxygens (including phenoxy) is 2. The minimum Gasteiger partial charge on any atom is -0.427 e. The number of hydrogen-bond donors (Lipinski definition) is 0. The van der Waals surface area contributed by atoms with Crippen molar-refractivity contribution >= 4 is 40.8 Å². The highest BCUT2D eigenvalue weighted by Gasteiger charge is 2.11. The van der Waals surface area contributed by atoms with Crippen LogP contribution in [0.5, 0.6) is 11.5 Å². The monoisotopic (exact) mass is 751 g/mol. The molecule has 7 heteroatoms. The topological polar surface area (TPSA) is 89.7 Å². The molecule has 0 unspecified atom stereocenters. The van der Waals surface area contributed by atoms with Crippen molar-refractivity contribution in [3.05, 3.63) is 132 Å². The average molecular weight is 752 g/mol. The summed E-state index contributed by atoms with van der Waals surface area (Å²) in [5.74, 6) is 0.397.